The number of aliphatic carboxylic acids is 1. The van der Waals surface area contributed by atoms with E-state index in [2.05, 4.69) is 11.5 Å². The van der Waals surface area contributed by atoms with E-state index in [9.17, 15) is 25.2 Å². The zero-order valence-corrected chi connectivity index (χ0v) is 16.0. The Hall–Kier alpha value is -1.83. The van der Waals surface area contributed by atoms with Gasteiger partial charge in [-0.25, -0.2) is 4.79 Å². The fourth-order valence-corrected chi connectivity index (χ4v) is 6.35. The molecule has 2 aliphatic heterocycles. The van der Waals surface area contributed by atoms with E-state index in [4.69, 9.17) is 4.74 Å². The molecule has 7 nitrogen and oxygen atoms in total. The fraction of sp³-hybridized carbons (Fsp3) is 0.667. The Morgan fingerprint density at radius 1 is 1.36 bits per heavy atom. The summed E-state index contributed by atoms with van der Waals surface area (Å²) in [4.78, 5) is 14.4. The van der Waals surface area contributed by atoms with E-state index < -0.39 is 28.7 Å². The number of hydrogen-bond donors (Lipinski definition) is 4. The average Bonchev–Trinajstić information content (AvgIpc) is 3.33. The number of aliphatic hydroxyl groups excluding tert-OH is 1. The molecule has 1 saturated heterocycles. The van der Waals surface area contributed by atoms with E-state index in [1.165, 1.54) is 18.9 Å². The lowest BCUT2D eigenvalue weighted by molar-refractivity contribution is -0.172. The summed E-state index contributed by atoms with van der Waals surface area (Å²) in [6, 6.07) is -0.315. The first-order valence-corrected chi connectivity index (χ1v) is 10.1. The molecule has 152 valence electrons. The molecule has 4 fully saturated rings. The number of aliphatic hydroxyl groups is 3. The summed E-state index contributed by atoms with van der Waals surface area (Å²) in [7, 11) is 0. The van der Waals surface area contributed by atoms with Crippen LogP contribution in [0.25, 0.3) is 0 Å². The fourth-order valence-electron chi connectivity index (χ4n) is 6.35. The normalized spacial score (nSPS) is 45.2. The SMILES string of the molecule is C=C1CC2N(CC3CC3)CCC34C1=C(/C(O)=C\C)O[C@H]3C(O)(C(=O)O)CC24O. The van der Waals surface area contributed by atoms with Gasteiger partial charge in [0.15, 0.2) is 17.6 Å². The van der Waals surface area contributed by atoms with Crippen molar-refractivity contribution >= 4 is 5.97 Å². The molecule has 0 aromatic carbocycles. The second kappa shape index (κ2) is 5.40. The number of piperidine rings is 1. The van der Waals surface area contributed by atoms with Gasteiger partial charge < -0.3 is 25.2 Å². The van der Waals surface area contributed by atoms with Crippen LogP contribution in [0.1, 0.15) is 39.0 Å². The van der Waals surface area contributed by atoms with Gasteiger partial charge in [0.2, 0.25) is 5.60 Å². The standard InChI is InChI=1S/C21H27NO6/c1-3-13(23)16-15-11(2)8-14-21(27)10-20(26,18(24)25)17(28-16)19(15,21)6-7-22(14)9-12-4-5-12/h3,12,14,17,23,26-27H,2,4-10H2,1H3,(H,24,25)/b13-3+/t14?,17-,19?,20?,21?/m1/s1. The number of nitrogens with zero attached hydrogens (tertiary/aromatic N) is 1. The summed E-state index contributed by atoms with van der Waals surface area (Å²) in [6.45, 7) is 7.43. The number of hydrogen-bond acceptors (Lipinski definition) is 6. The molecule has 2 heterocycles. The third-order valence-electron chi connectivity index (χ3n) is 7.75. The molecule has 7 heteroatoms. The number of carbonyl (C=O) groups is 1. The van der Waals surface area contributed by atoms with Gasteiger partial charge in [0.25, 0.3) is 0 Å². The van der Waals surface area contributed by atoms with Crippen LogP contribution >= 0.6 is 0 Å². The van der Waals surface area contributed by atoms with E-state index in [0.29, 0.717) is 30.9 Å². The zero-order valence-electron chi connectivity index (χ0n) is 16.0. The van der Waals surface area contributed by atoms with Crippen LogP contribution < -0.4 is 0 Å². The number of carboxylic acids is 1. The Balaban J connectivity index is 1.71. The maximum absolute atomic E-state index is 12.1. The smallest absolute Gasteiger partial charge is 0.339 e. The van der Waals surface area contributed by atoms with Crippen LogP contribution in [0, 0.1) is 11.3 Å². The average molecular weight is 389 g/mol. The van der Waals surface area contributed by atoms with Crippen molar-refractivity contribution in [2.75, 3.05) is 13.1 Å². The molecule has 2 bridgehead atoms. The summed E-state index contributed by atoms with van der Waals surface area (Å²) in [5.74, 6) is -0.737. The van der Waals surface area contributed by atoms with Crippen molar-refractivity contribution in [3.05, 3.63) is 35.3 Å². The largest absolute Gasteiger partial charge is 0.504 e. The van der Waals surface area contributed by atoms with Gasteiger partial charge in [0.1, 0.15) is 0 Å². The first kappa shape index (κ1) is 18.2. The van der Waals surface area contributed by atoms with Gasteiger partial charge in [0.05, 0.1) is 11.0 Å². The number of likely N-dealkylation sites (tertiary alicyclic amines) is 1. The molecule has 0 aromatic heterocycles. The van der Waals surface area contributed by atoms with Gasteiger partial charge in [-0.3, -0.25) is 4.90 Å². The molecule has 5 atom stereocenters. The highest BCUT2D eigenvalue weighted by atomic mass is 16.5. The highest BCUT2D eigenvalue weighted by Crippen LogP contribution is 2.71. The molecule has 4 unspecified atom stereocenters. The van der Waals surface area contributed by atoms with Gasteiger partial charge in [-0.15, -0.1) is 0 Å². The van der Waals surface area contributed by atoms with Gasteiger partial charge in [-0.05, 0) is 56.7 Å². The maximum atomic E-state index is 12.1. The van der Waals surface area contributed by atoms with Crippen molar-refractivity contribution in [2.45, 2.75) is 62.4 Å². The number of ether oxygens (including phenoxy) is 1. The third-order valence-corrected chi connectivity index (χ3v) is 7.75. The van der Waals surface area contributed by atoms with Crippen LogP contribution in [0.2, 0.25) is 0 Å². The zero-order chi connectivity index (χ0) is 20.1. The summed E-state index contributed by atoms with van der Waals surface area (Å²) in [5.41, 5.74) is -3.42. The van der Waals surface area contributed by atoms with Crippen molar-refractivity contribution in [1.82, 2.24) is 4.90 Å². The Morgan fingerprint density at radius 2 is 2.07 bits per heavy atom. The van der Waals surface area contributed by atoms with Crippen molar-refractivity contribution in [1.29, 1.82) is 0 Å². The lowest BCUT2D eigenvalue weighted by Crippen LogP contribution is -2.69. The molecule has 4 N–H and O–H groups in total. The van der Waals surface area contributed by atoms with Crippen molar-refractivity contribution in [2.24, 2.45) is 11.3 Å². The van der Waals surface area contributed by atoms with Gasteiger partial charge in [-0.2, -0.15) is 0 Å². The Labute approximate surface area is 163 Å². The molecule has 5 rings (SSSR count). The molecule has 5 aliphatic rings. The minimum atomic E-state index is -2.23. The first-order valence-electron chi connectivity index (χ1n) is 10.1. The predicted octanol–water partition coefficient (Wildman–Crippen LogP) is 1.48. The summed E-state index contributed by atoms with van der Waals surface area (Å²) < 4.78 is 5.96. The highest BCUT2D eigenvalue weighted by Gasteiger charge is 2.82. The third kappa shape index (κ3) is 1.92. The van der Waals surface area contributed by atoms with E-state index in [1.54, 1.807) is 6.92 Å². The van der Waals surface area contributed by atoms with Gasteiger partial charge in [0, 0.05) is 24.6 Å². The Bertz CT molecular complexity index is 844. The molecule has 0 radical (unpaired) electrons. The monoisotopic (exact) mass is 389 g/mol. The summed E-state index contributed by atoms with van der Waals surface area (Å²) in [6.07, 6.45) is 3.32. The topological polar surface area (TPSA) is 110 Å². The lowest BCUT2D eigenvalue weighted by Gasteiger charge is -2.58. The molecule has 0 aromatic rings. The minimum absolute atomic E-state index is 0.117. The molecule has 0 amide bonds. The van der Waals surface area contributed by atoms with E-state index in [-0.39, 0.29) is 24.0 Å². The van der Waals surface area contributed by atoms with Crippen molar-refractivity contribution in [3.63, 3.8) is 0 Å². The van der Waals surface area contributed by atoms with Gasteiger partial charge in [-0.1, -0.05) is 6.58 Å². The van der Waals surface area contributed by atoms with Crippen molar-refractivity contribution < 1.29 is 30.0 Å². The molecule has 3 aliphatic carbocycles. The van der Waals surface area contributed by atoms with E-state index in [1.807, 2.05) is 0 Å². The first-order chi connectivity index (χ1) is 13.2. The Kier molecular flexibility index (Phi) is 3.51. The van der Waals surface area contributed by atoms with Crippen LogP contribution in [0.15, 0.2) is 35.3 Å². The summed E-state index contributed by atoms with van der Waals surface area (Å²) in [5, 5.41) is 43.5. The lowest BCUT2D eigenvalue weighted by atomic mass is 9.54. The van der Waals surface area contributed by atoms with Crippen LogP contribution in [0.5, 0.6) is 0 Å². The maximum Gasteiger partial charge on any atom is 0.339 e. The minimum Gasteiger partial charge on any atom is -0.504 e. The molecule has 3 saturated carbocycles. The molecular formula is C21H27NO6. The molecule has 28 heavy (non-hydrogen) atoms. The van der Waals surface area contributed by atoms with Crippen LogP contribution in [0.4, 0.5) is 0 Å². The second-order valence-electron chi connectivity index (χ2n) is 9.19. The Morgan fingerprint density at radius 3 is 2.68 bits per heavy atom. The molecular weight excluding hydrogens is 362 g/mol. The van der Waals surface area contributed by atoms with E-state index >= 15 is 0 Å². The quantitative estimate of drug-likeness (QED) is 0.539. The van der Waals surface area contributed by atoms with Crippen LogP contribution in [-0.4, -0.2) is 67.7 Å². The second-order valence-corrected chi connectivity index (χ2v) is 9.19. The number of allylic oxidation sites excluding steroid dienone is 1. The number of carboxylic acid groups (broad SMARTS) is 1. The highest BCUT2D eigenvalue weighted by molar-refractivity contribution is 5.81. The van der Waals surface area contributed by atoms with Crippen molar-refractivity contribution in [3.8, 4) is 0 Å². The molecule has 1 spiro atoms. The van der Waals surface area contributed by atoms with E-state index in [0.717, 1.165) is 12.1 Å². The van der Waals surface area contributed by atoms with Gasteiger partial charge >= 0.3 is 5.97 Å². The summed E-state index contributed by atoms with van der Waals surface area (Å²) >= 11 is 0. The number of rotatable bonds is 4. The van der Waals surface area contributed by atoms with Crippen LogP contribution in [0.3, 0.4) is 0 Å². The predicted molar refractivity (Wildman–Crippen MR) is 99.3 cm³/mol. The van der Waals surface area contributed by atoms with Crippen LogP contribution in [-0.2, 0) is 9.53 Å².